The number of carbonyl (C=O) groups is 2. The fourth-order valence-corrected chi connectivity index (χ4v) is 4.39. The van der Waals surface area contributed by atoms with Crippen LogP contribution in [0.4, 0.5) is 4.79 Å². The Hall–Kier alpha value is -2.58. The Balaban J connectivity index is 1.56. The van der Waals surface area contributed by atoms with Crippen molar-refractivity contribution in [2.75, 3.05) is 26.7 Å². The first-order valence-corrected chi connectivity index (χ1v) is 9.78. The Bertz CT molecular complexity index is 761. The number of hydrogen-bond donors (Lipinski definition) is 3. The lowest BCUT2D eigenvalue weighted by atomic mass is 9.79. The van der Waals surface area contributed by atoms with Crippen molar-refractivity contribution >= 4 is 17.9 Å². The zero-order chi connectivity index (χ0) is 20.5. The van der Waals surface area contributed by atoms with E-state index in [1.165, 1.54) is 0 Å². The number of nitrogens with one attached hydrogen (secondary N) is 3. The SMILES string of the molecule is CN=C(NCC(C)c1c(C)noc1C)N1CCC(C2(C)NC(=O)NC2=O)CC1. The molecule has 3 amide bonds. The topological polar surface area (TPSA) is 112 Å². The second-order valence-corrected chi connectivity index (χ2v) is 7.94. The highest BCUT2D eigenvalue weighted by molar-refractivity contribution is 6.07. The Labute approximate surface area is 165 Å². The van der Waals surface area contributed by atoms with Crippen molar-refractivity contribution in [1.82, 2.24) is 26.0 Å². The molecule has 1 aromatic heterocycles. The molecular weight excluding hydrogens is 360 g/mol. The van der Waals surface area contributed by atoms with Crippen molar-refractivity contribution in [3.8, 4) is 0 Å². The van der Waals surface area contributed by atoms with Crippen molar-refractivity contribution in [3.63, 3.8) is 0 Å². The van der Waals surface area contributed by atoms with Crippen LogP contribution in [0, 0.1) is 19.8 Å². The predicted octanol–water partition coefficient (Wildman–Crippen LogP) is 1.28. The van der Waals surface area contributed by atoms with Crippen molar-refractivity contribution < 1.29 is 14.1 Å². The Kier molecular flexibility index (Phi) is 5.62. The van der Waals surface area contributed by atoms with Gasteiger partial charge in [-0.1, -0.05) is 12.1 Å². The summed E-state index contributed by atoms with van der Waals surface area (Å²) in [6.45, 7) is 10.1. The molecule has 2 fully saturated rings. The lowest BCUT2D eigenvalue weighted by Crippen LogP contribution is -2.55. The van der Waals surface area contributed by atoms with Crippen LogP contribution in [0.3, 0.4) is 0 Å². The summed E-state index contributed by atoms with van der Waals surface area (Å²) in [5, 5.41) is 12.6. The first-order valence-electron chi connectivity index (χ1n) is 9.78. The summed E-state index contributed by atoms with van der Waals surface area (Å²) in [5.74, 6) is 1.83. The summed E-state index contributed by atoms with van der Waals surface area (Å²) in [6.07, 6.45) is 1.62. The van der Waals surface area contributed by atoms with Crippen LogP contribution in [0.1, 0.15) is 49.6 Å². The maximum absolute atomic E-state index is 12.2. The van der Waals surface area contributed by atoms with Gasteiger partial charge in [-0.05, 0) is 39.5 Å². The molecule has 2 unspecified atom stereocenters. The van der Waals surface area contributed by atoms with Crippen LogP contribution in [0.15, 0.2) is 9.52 Å². The number of carbonyl (C=O) groups excluding carboxylic acids is 2. The van der Waals surface area contributed by atoms with Gasteiger partial charge in [0.1, 0.15) is 11.3 Å². The standard InChI is InChI=1S/C19H30N6O3/c1-11(15-12(2)24-28-13(15)3)10-21-17(20-5)25-8-6-14(7-9-25)19(4)16(26)22-18(27)23-19/h11,14H,6-10H2,1-5H3,(H,20,21)(H2,22,23,26,27). The average Bonchev–Trinajstić information content (AvgIpc) is 3.13. The number of guanidine groups is 1. The predicted molar refractivity (Wildman–Crippen MR) is 105 cm³/mol. The molecule has 0 aliphatic carbocycles. The van der Waals surface area contributed by atoms with E-state index in [0.717, 1.165) is 55.5 Å². The van der Waals surface area contributed by atoms with Gasteiger partial charge in [-0.3, -0.25) is 15.1 Å². The molecule has 9 heteroatoms. The van der Waals surface area contributed by atoms with Gasteiger partial charge in [-0.25, -0.2) is 4.79 Å². The second-order valence-electron chi connectivity index (χ2n) is 7.94. The summed E-state index contributed by atoms with van der Waals surface area (Å²) >= 11 is 0. The van der Waals surface area contributed by atoms with Crippen molar-refractivity contribution in [2.24, 2.45) is 10.9 Å². The normalized spacial score (nSPS) is 24.9. The second kappa shape index (κ2) is 7.81. The number of piperidine rings is 1. The summed E-state index contributed by atoms with van der Waals surface area (Å²) in [4.78, 5) is 30.3. The molecule has 2 aliphatic heterocycles. The van der Waals surface area contributed by atoms with Gasteiger partial charge in [0, 0.05) is 38.2 Å². The molecule has 154 valence electrons. The molecule has 0 aromatic carbocycles. The van der Waals surface area contributed by atoms with Crippen LogP contribution >= 0.6 is 0 Å². The van der Waals surface area contributed by atoms with Crippen LogP contribution in [-0.2, 0) is 4.79 Å². The highest BCUT2D eigenvalue weighted by Gasteiger charge is 2.48. The highest BCUT2D eigenvalue weighted by atomic mass is 16.5. The number of aliphatic imine (C=N–C) groups is 1. The minimum atomic E-state index is -0.821. The molecule has 0 saturated carbocycles. The van der Waals surface area contributed by atoms with Gasteiger partial charge in [0.25, 0.3) is 5.91 Å². The third-order valence-electron chi connectivity index (χ3n) is 6.04. The van der Waals surface area contributed by atoms with Gasteiger partial charge in [-0.15, -0.1) is 0 Å². The molecule has 0 spiro atoms. The van der Waals surface area contributed by atoms with Gasteiger partial charge in [-0.2, -0.15) is 0 Å². The monoisotopic (exact) mass is 390 g/mol. The van der Waals surface area contributed by atoms with Gasteiger partial charge >= 0.3 is 6.03 Å². The number of aromatic nitrogens is 1. The van der Waals surface area contributed by atoms with Crippen LogP contribution in [0.25, 0.3) is 0 Å². The van der Waals surface area contributed by atoms with Crippen molar-refractivity contribution in [3.05, 3.63) is 17.0 Å². The molecule has 2 atom stereocenters. The molecule has 9 nitrogen and oxygen atoms in total. The average molecular weight is 390 g/mol. The third-order valence-corrected chi connectivity index (χ3v) is 6.04. The number of urea groups is 1. The maximum atomic E-state index is 12.2. The summed E-state index contributed by atoms with van der Waals surface area (Å²) in [7, 11) is 1.78. The van der Waals surface area contributed by atoms with E-state index in [4.69, 9.17) is 4.52 Å². The van der Waals surface area contributed by atoms with E-state index in [2.05, 4.69) is 37.9 Å². The van der Waals surface area contributed by atoms with E-state index >= 15 is 0 Å². The summed E-state index contributed by atoms with van der Waals surface area (Å²) < 4.78 is 5.27. The minimum absolute atomic E-state index is 0.106. The molecule has 2 saturated heterocycles. The van der Waals surface area contributed by atoms with Crippen LogP contribution < -0.4 is 16.0 Å². The zero-order valence-corrected chi connectivity index (χ0v) is 17.3. The van der Waals surface area contributed by atoms with Crippen LogP contribution in [-0.4, -0.2) is 60.2 Å². The summed E-state index contributed by atoms with van der Waals surface area (Å²) in [5.41, 5.74) is 1.24. The lowest BCUT2D eigenvalue weighted by molar-refractivity contribution is -0.125. The van der Waals surface area contributed by atoms with Gasteiger partial charge < -0.3 is 20.1 Å². The van der Waals surface area contributed by atoms with E-state index in [9.17, 15) is 9.59 Å². The van der Waals surface area contributed by atoms with E-state index in [1.54, 1.807) is 7.05 Å². The van der Waals surface area contributed by atoms with E-state index in [-0.39, 0.29) is 17.7 Å². The smallest absolute Gasteiger partial charge is 0.322 e. The molecule has 0 bridgehead atoms. The fourth-order valence-electron chi connectivity index (χ4n) is 4.39. The lowest BCUT2D eigenvalue weighted by Gasteiger charge is -2.39. The number of nitrogens with zero attached hydrogens (tertiary/aromatic N) is 3. The first-order chi connectivity index (χ1) is 13.3. The van der Waals surface area contributed by atoms with E-state index in [1.807, 2.05) is 20.8 Å². The van der Waals surface area contributed by atoms with E-state index < -0.39 is 11.6 Å². The molecule has 3 rings (SSSR count). The van der Waals surface area contributed by atoms with Crippen molar-refractivity contribution in [1.29, 1.82) is 0 Å². The summed E-state index contributed by atoms with van der Waals surface area (Å²) in [6, 6.07) is -0.402. The highest BCUT2D eigenvalue weighted by Crippen LogP contribution is 2.30. The molecule has 28 heavy (non-hydrogen) atoms. The van der Waals surface area contributed by atoms with Gasteiger partial charge in [0.2, 0.25) is 0 Å². The van der Waals surface area contributed by atoms with Crippen LogP contribution in [0.2, 0.25) is 0 Å². The number of aryl methyl sites for hydroxylation is 2. The Morgan fingerprint density at radius 3 is 2.57 bits per heavy atom. The Morgan fingerprint density at radius 2 is 2.07 bits per heavy atom. The molecular formula is C19H30N6O3. The zero-order valence-electron chi connectivity index (χ0n) is 17.3. The number of hydrogen-bond acceptors (Lipinski definition) is 5. The van der Waals surface area contributed by atoms with Crippen LogP contribution in [0.5, 0.6) is 0 Å². The number of amides is 3. The Morgan fingerprint density at radius 1 is 1.39 bits per heavy atom. The van der Waals surface area contributed by atoms with Gasteiger partial charge in [0.05, 0.1) is 5.69 Å². The maximum Gasteiger partial charge on any atom is 0.322 e. The van der Waals surface area contributed by atoms with Crippen molar-refractivity contribution in [2.45, 2.75) is 52.0 Å². The molecule has 2 aliphatic rings. The van der Waals surface area contributed by atoms with Gasteiger partial charge in [0.15, 0.2) is 5.96 Å². The first kappa shape index (κ1) is 20.2. The third kappa shape index (κ3) is 3.70. The largest absolute Gasteiger partial charge is 0.361 e. The molecule has 1 aromatic rings. The van der Waals surface area contributed by atoms with E-state index in [0.29, 0.717) is 0 Å². The minimum Gasteiger partial charge on any atom is -0.361 e. The molecule has 3 N–H and O–H groups in total. The quantitative estimate of drug-likeness (QED) is 0.406. The molecule has 0 radical (unpaired) electrons. The molecule has 3 heterocycles. The number of likely N-dealkylation sites (tertiary alicyclic amines) is 1. The number of rotatable bonds is 4. The fraction of sp³-hybridized carbons (Fsp3) is 0.684. The number of imide groups is 1.